The SMILES string of the molecule is O=C(Nc1cnc(N2CCN(c3ccccn3)CC2)nc1)[C@@H]1CCCO1. The Kier molecular flexibility index (Phi) is 4.92. The van der Waals surface area contributed by atoms with Crippen LogP contribution in [0.2, 0.25) is 0 Å². The van der Waals surface area contributed by atoms with Gasteiger partial charge < -0.3 is 19.9 Å². The molecule has 4 rings (SSSR count). The van der Waals surface area contributed by atoms with Crippen molar-refractivity contribution in [3.8, 4) is 0 Å². The predicted molar refractivity (Wildman–Crippen MR) is 98.3 cm³/mol. The highest BCUT2D eigenvalue weighted by molar-refractivity contribution is 5.94. The smallest absolute Gasteiger partial charge is 0.253 e. The maximum atomic E-state index is 12.1. The van der Waals surface area contributed by atoms with Gasteiger partial charge in [-0.3, -0.25) is 4.79 Å². The van der Waals surface area contributed by atoms with Gasteiger partial charge in [-0.2, -0.15) is 0 Å². The highest BCUT2D eigenvalue weighted by atomic mass is 16.5. The van der Waals surface area contributed by atoms with Gasteiger partial charge in [0, 0.05) is 39.0 Å². The number of nitrogens with zero attached hydrogens (tertiary/aromatic N) is 5. The van der Waals surface area contributed by atoms with Crippen molar-refractivity contribution in [2.45, 2.75) is 18.9 Å². The summed E-state index contributed by atoms with van der Waals surface area (Å²) >= 11 is 0. The summed E-state index contributed by atoms with van der Waals surface area (Å²) in [5, 5.41) is 2.82. The van der Waals surface area contributed by atoms with E-state index >= 15 is 0 Å². The summed E-state index contributed by atoms with van der Waals surface area (Å²) in [6, 6.07) is 5.95. The van der Waals surface area contributed by atoms with Crippen LogP contribution in [0.25, 0.3) is 0 Å². The van der Waals surface area contributed by atoms with Gasteiger partial charge in [0.1, 0.15) is 11.9 Å². The predicted octanol–water partition coefficient (Wildman–Crippen LogP) is 1.32. The molecule has 8 nitrogen and oxygen atoms in total. The lowest BCUT2D eigenvalue weighted by Gasteiger charge is -2.35. The van der Waals surface area contributed by atoms with Gasteiger partial charge in [0.2, 0.25) is 5.95 Å². The van der Waals surface area contributed by atoms with Crippen LogP contribution >= 0.6 is 0 Å². The number of nitrogens with one attached hydrogen (secondary N) is 1. The van der Waals surface area contributed by atoms with Crippen LogP contribution in [0.5, 0.6) is 0 Å². The highest BCUT2D eigenvalue weighted by Gasteiger charge is 2.24. The molecule has 2 aliphatic heterocycles. The van der Waals surface area contributed by atoms with Gasteiger partial charge in [-0.15, -0.1) is 0 Å². The van der Waals surface area contributed by atoms with E-state index in [9.17, 15) is 4.79 Å². The maximum absolute atomic E-state index is 12.1. The Bertz CT molecular complexity index is 725. The number of carbonyl (C=O) groups is 1. The molecule has 2 aliphatic rings. The number of carbonyl (C=O) groups excluding carboxylic acids is 1. The van der Waals surface area contributed by atoms with Crippen LogP contribution in [0.3, 0.4) is 0 Å². The molecule has 2 aromatic heterocycles. The molecule has 4 heterocycles. The van der Waals surface area contributed by atoms with E-state index in [2.05, 4.69) is 30.1 Å². The van der Waals surface area contributed by atoms with Crippen molar-refractivity contribution in [1.29, 1.82) is 0 Å². The van der Waals surface area contributed by atoms with E-state index in [1.807, 2.05) is 24.4 Å². The van der Waals surface area contributed by atoms with E-state index in [0.29, 0.717) is 18.2 Å². The van der Waals surface area contributed by atoms with Crippen molar-refractivity contribution in [2.24, 2.45) is 0 Å². The van der Waals surface area contributed by atoms with Crippen molar-refractivity contribution in [3.05, 3.63) is 36.8 Å². The second kappa shape index (κ2) is 7.65. The Labute approximate surface area is 152 Å². The molecule has 0 aromatic carbocycles. The molecule has 0 unspecified atom stereocenters. The van der Waals surface area contributed by atoms with Crippen LogP contribution in [0.4, 0.5) is 17.5 Å². The number of aromatic nitrogens is 3. The summed E-state index contributed by atoms with van der Waals surface area (Å²) < 4.78 is 5.38. The van der Waals surface area contributed by atoms with Crippen LogP contribution in [-0.2, 0) is 9.53 Å². The van der Waals surface area contributed by atoms with Crippen LogP contribution < -0.4 is 15.1 Å². The summed E-state index contributed by atoms with van der Waals surface area (Å²) in [6.45, 7) is 4.06. The Hall–Kier alpha value is -2.74. The van der Waals surface area contributed by atoms with Crippen molar-refractivity contribution in [1.82, 2.24) is 15.0 Å². The number of hydrogen-bond donors (Lipinski definition) is 1. The number of hydrogen-bond acceptors (Lipinski definition) is 7. The van der Waals surface area contributed by atoms with E-state index in [4.69, 9.17) is 4.74 Å². The Balaban J connectivity index is 1.32. The molecule has 8 heteroatoms. The molecule has 1 atom stereocenters. The molecule has 1 N–H and O–H groups in total. The minimum absolute atomic E-state index is 0.122. The number of piperazine rings is 1. The summed E-state index contributed by atoms with van der Waals surface area (Å²) in [4.78, 5) is 29.7. The quantitative estimate of drug-likeness (QED) is 0.886. The van der Waals surface area contributed by atoms with Gasteiger partial charge >= 0.3 is 0 Å². The Morgan fingerprint density at radius 3 is 2.50 bits per heavy atom. The zero-order chi connectivity index (χ0) is 17.8. The van der Waals surface area contributed by atoms with Crippen molar-refractivity contribution in [3.63, 3.8) is 0 Å². The minimum Gasteiger partial charge on any atom is -0.368 e. The molecule has 0 aliphatic carbocycles. The summed E-state index contributed by atoms with van der Waals surface area (Å²) in [5.41, 5.74) is 0.598. The summed E-state index contributed by atoms with van der Waals surface area (Å²) in [5.74, 6) is 1.56. The standard InChI is InChI=1S/C18H22N6O2/c25-17(15-4-3-11-26-15)22-14-12-20-18(21-13-14)24-9-7-23(8-10-24)16-5-1-2-6-19-16/h1-2,5-6,12-13,15H,3-4,7-11H2,(H,22,25)/t15-/m0/s1. The van der Waals surface area contributed by atoms with Crippen molar-refractivity contribution >= 4 is 23.4 Å². The Morgan fingerprint density at radius 1 is 1.08 bits per heavy atom. The molecule has 0 spiro atoms. The fraction of sp³-hybridized carbons (Fsp3) is 0.444. The second-order valence-electron chi connectivity index (χ2n) is 6.42. The number of anilines is 3. The van der Waals surface area contributed by atoms with Crippen molar-refractivity contribution < 1.29 is 9.53 Å². The van der Waals surface area contributed by atoms with Gasteiger partial charge in [0.05, 0.1) is 18.1 Å². The first-order chi connectivity index (χ1) is 12.8. The first kappa shape index (κ1) is 16.7. The van der Waals surface area contributed by atoms with Crippen LogP contribution in [0.15, 0.2) is 36.8 Å². The molecule has 0 bridgehead atoms. The summed E-state index contributed by atoms with van der Waals surface area (Å²) in [7, 11) is 0. The largest absolute Gasteiger partial charge is 0.368 e. The van der Waals surface area contributed by atoms with Gasteiger partial charge in [-0.05, 0) is 25.0 Å². The molecule has 2 aromatic rings. The van der Waals surface area contributed by atoms with Crippen LogP contribution in [-0.4, -0.2) is 59.7 Å². The number of pyridine rings is 1. The van der Waals surface area contributed by atoms with E-state index < -0.39 is 0 Å². The molecular formula is C18H22N6O2. The lowest BCUT2D eigenvalue weighted by atomic mass is 10.2. The summed E-state index contributed by atoms with van der Waals surface area (Å²) in [6.07, 6.45) is 6.47. The maximum Gasteiger partial charge on any atom is 0.253 e. The zero-order valence-corrected chi connectivity index (χ0v) is 14.5. The first-order valence-electron chi connectivity index (χ1n) is 8.95. The van der Waals surface area contributed by atoms with E-state index in [1.165, 1.54) is 0 Å². The molecule has 136 valence electrons. The third-order valence-electron chi connectivity index (χ3n) is 4.66. The fourth-order valence-corrected chi connectivity index (χ4v) is 3.23. The highest BCUT2D eigenvalue weighted by Crippen LogP contribution is 2.18. The average Bonchev–Trinajstić information content (AvgIpc) is 3.25. The van der Waals surface area contributed by atoms with E-state index in [-0.39, 0.29) is 12.0 Å². The fourth-order valence-electron chi connectivity index (χ4n) is 3.23. The third kappa shape index (κ3) is 3.75. The Morgan fingerprint density at radius 2 is 1.85 bits per heavy atom. The number of rotatable bonds is 4. The number of ether oxygens (including phenoxy) is 1. The normalized spacial score (nSPS) is 20.2. The van der Waals surface area contributed by atoms with Crippen LogP contribution in [0, 0.1) is 0 Å². The topological polar surface area (TPSA) is 83.5 Å². The molecule has 2 fully saturated rings. The number of amides is 1. The van der Waals surface area contributed by atoms with Gasteiger partial charge in [-0.1, -0.05) is 6.07 Å². The lowest BCUT2D eigenvalue weighted by Crippen LogP contribution is -2.47. The molecule has 2 saturated heterocycles. The minimum atomic E-state index is -0.352. The van der Waals surface area contributed by atoms with Crippen LogP contribution in [0.1, 0.15) is 12.8 Å². The monoisotopic (exact) mass is 354 g/mol. The third-order valence-corrected chi connectivity index (χ3v) is 4.66. The van der Waals surface area contributed by atoms with Crippen molar-refractivity contribution in [2.75, 3.05) is 47.9 Å². The van der Waals surface area contributed by atoms with E-state index in [1.54, 1.807) is 12.4 Å². The lowest BCUT2D eigenvalue weighted by molar-refractivity contribution is -0.124. The van der Waals surface area contributed by atoms with Gasteiger partial charge in [0.25, 0.3) is 5.91 Å². The first-order valence-corrected chi connectivity index (χ1v) is 8.95. The van der Waals surface area contributed by atoms with Gasteiger partial charge in [0.15, 0.2) is 0 Å². The molecule has 0 saturated carbocycles. The molecule has 1 amide bonds. The second-order valence-corrected chi connectivity index (χ2v) is 6.42. The zero-order valence-electron chi connectivity index (χ0n) is 14.5. The van der Waals surface area contributed by atoms with Gasteiger partial charge in [-0.25, -0.2) is 15.0 Å². The van der Waals surface area contributed by atoms with E-state index in [0.717, 1.165) is 44.8 Å². The molecule has 0 radical (unpaired) electrons. The molecular weight excluding hydrogens is 332 g/mol. The average molecular weight is 354 g/mol. The molecule has 26 heavy (non-hydrogen) atoms.